The Morgan fingerprint density at radius 1 is 1.60 bits per heavy atom. The molecule has 3 nitrogen and oxygen atoms in total. The number of nitrogens with zero attached hydrogens (tertiary/aromatic N) is 1. The lowest BCUT2D eigenvalue weighted by molar-refractivity contribution is 0.386. The zero-order valence-corrected chi connectivity index (χ0v) is 10.6. The molecule has 0 saturated carbocycles. The molecular formula is C11H21N3S. The number of hydrogen-bond acceptors (Lipinski definition) is 4. The summed E-state index contributed by atoms with van der Waals surface area (Å²) in [6, 6.07) is 0.310. The van der Waals surface area contributed by atoms with Gasteiger partial charge in [-0.1, -0.05) is 6.92 Å². The Hall–Kier alpha value is -0.450. The summed E-state index contributed by atoms with van der Waals surface area (Å²) < 4.78 is 0. The molecule has 1 atom stereocenters. The van der Waals surface area contributed by atoms with Gasteiger partial charge in [0.2, 0.25) is 0 Å². The van der Waals surface area contributed by atoms with Crippen LogP contribution in [0, 0.1) is 0 Å². The van der Waals surface area contributed by atoms with E-state index in [2.05, 4.69) is 31.1 Å². The molecule has 0 bridgehead atoms. The van der Waals surface area contributed by atoms with Crippen molar-refractivity contribution in [1.82, 2.24) is 10.3 Å². The van der Waals surface area contributed by atoms with Crippen molar-refractivity contribution in [2.75, 3.05) is 6.54 Å². The van der Waals surface area contributed by atoms with Crippen molar-refractivity contribution in [2.24, 2.45) is 5.73 Å². The van der Waals surface area contributed by atoms with E-state index >= 15 is 0 Å². The standard InChI is InChI=1S/C11H21N3S/c1-4-9(12)5-6-14-11(2,3)10-13-7-8-15-10/h7-9,14H,4-6,12H2,1-3H3. The second-order valence-corrected chi connectivity index (χ2v) is 5.24. The molecule has 1 aromatic rings. The fraction of sp³-hybridized carbons (Fsp3) is 0.727. The second kappa shape index (κ2) is 5.58. The summed E-state index contributed by atoms with van der Waals surface area (Å²) >= 11 is 1.69. The molecule has 0 fully saturated rings. The quantitative estimate of drug-likeness (QED) is 0.782. The first-order valence-electron chi connectivity index (χ1n) is 5.47. The maximum Gasteiger partial charge on any atom is 0.112 e. The van der Waals surface area contributed by atoms with E-state index in [0.717, 1.165) is 24.4 Å². The molecule has 4 heteroatoms. The molecule has 0 aliphatic rings. The van der Waals surface area contributed by atoms with Crippen molar-refractivity contribution < 1.29 is 0 Å². The monoisotopic (exact) mass is 227 g/mol. The van der Waals surface area contributed by atoms with Gasteiger partial charge < -0.3 is 11.1 Å². The highest BCUT2D eigenvalue weighted by Gasteiger charge is 2.22. The Balaban J connectivity index is 2.37. The average Bonchev–Trinajstić information content (AvgIpc) is 2.70. The molecule has 0 aliphatic carbocycles. The van der Waals surface area contributed by atoms with Crippen LogP contribution in [-0.4, -0.2) is 17.6 Å². The summed E-state index contributed by atoms with van der Waals surface area (Å²) in [5.74, 6) is 0. The fourth-order valence-corrected chi connectivity index (χ4v) is 2.12. The molecule has 0 aliphatic heterocycles. The molecule has 1 aromatic heterocycles. The van der Waals surface area contributed by atoms with E-state index in [1.165, 1.54) is 0 Å². The Kier molecular flexibility index (Phi) is 4.70. The van der Waals surface area contributed by atoms with E-state index in [4.69, 9.17) is 5.73 Å². The van der Waals surface area contributed by atoms with Crippen molar-refractivity contribution in [3.05, 3.63) is 16.6 Å². The van der Waals surface area contributed by atoms with E-state index in [0.29, 0.717) is 6.04 Å². The predicted molar refractivity (Wildman–Crippen MR) is 66.0 cm³/mol. The van der Waals surface area contributed by atoms with Crippen LogP contribution in [0.4, 0.5) is 0 Å². The number of nitrogens with one attached hydrogen (secondary N) is 1. The van der Waals surface area contributed by atoms with Gasteiger partial charge in [-0.25, -0.2) is 4.98 Å². The van der Waals surface area contributed by atoms with Crippen LogP contribution in [0.5, 0.6) is 0 Å². The molecule has 0 radical (unpaired) electrons. The van der Waals surface area contributed by atoms with Gasteiger partial charge in [-0.3, -0.25) is 0 Å². The van der Waals surface area contributed by atoms with Gasteiger partial charge in [-0.2, -0.15) is 0 Å². The van der Waals surface area contributed by atoms with Crippen LogP contribution in [0.2, 0.25) is 0 Å². The van der Waals surface area contributed by atoms with Gasteiger partial charge in [0, 0.05) is 17.6 Å². The van der Waals surface area contributed by atoms with Gasteiger partial charge in [0.05, 0.1) is 5.54 Å². The van der Waals surface area contributed by atoms with Crippen LogP contribution < -0.4 is 11.1 Å². The molecule has 0 amide bonds. The Bertz CT molecular complexity index is 269. The van der Waals surface area contributed by atoms with Gasteiger partial charge in [0.1, 0.15) is 5.01 Å². The third-order valence-electron chi connectivity index (χ3n) is 2.57. The maximum atomic E-state index is 5.87. The van der Waals surface area contributed by atoms with Crippen molar-refractivity contribution in [1.29, 1.82) is 0 Å². The molecule has 1 rings (SSSR count). The Labute approximate surface area is 96.1 Å². The normalized spacial score (nSPS) is 14.1. The molecular weight excluding hydrogens is 206 g/mol. The van der Waals surface area contributed by atoms with E-state index in [1.54, 1.807) is 11.3 Å². The molecule has 1 heterocycles. The van der Waals surface area contributed by atoms with Crippen LogP contribution in [0.25, 0.3) is 0 Å². The maximum absolute atomic E-state index is 5.87. The largest absolute Gasteiger partial charge is 0.328 e. The third-order valence-corrected chi connectivity index (χ3v) is 3.67. The van der Waals surface area contributed by atoms with Crippen LogP contribution in [0.3, 0.4) is 0 Å². The summed E-state index contributed by atoms with van der Waals surface area (Å²) in [4.78, 5) is 4.33. The van der Waals surface area contributed by atoms with Gasteiger partial charge in [0.25, 0.3) is 0 Å². The summed E-state index contributed by atoms with van der Waals surface area (Å²) in [5, 5.41) is 6.64. The van der Waals surface area contributed by atoms with Crippen molar-refractivity contribution in [2.45, 2.75) is 45.2 Å². The average molecular weight is 227 g/mol. The Morgan fingerprint density at radius 3 is 2.87 bits per heavy atom. The molecule has 3 N–H and O–H groups in total. The van der Waals surface area contributed by atoms with Crippen LogP contribution >= 0.6 is 11.3 Å². The summed E-state index contributed by atoms with van der Waals surface area (Å²) in [7, 11) is 0. The smallest absolute Gasteiger partial charge is 0.112 e. The first-order chi connectivity index (χ1) is 7.06. The summed E-state index contributed by atoms with van der Waals surface area (Å²) in [6.45, 7) is 7.38. The SMILES string of the molecule is CCC(N)CCNC(C)(C)c1nccs1. The molecule has 0 aromatic carbocycles. The summed E-state index contributed by atoms with van der Waals surface area (Å²) in [6.07, 6.45) is 3.91. The van der Waals surface area contributed by atoms with Crippen LogP contribution in [-0.2, 0) is 5.54 Å². The minimum absolute atomic E-state index is 0.0401. The molecule has 0 spiro atoms. The fourth-order valence-electron chi connectivity index (χ4n) is 1.38. The van der Waals surface area contributed by atoms with E-state index < -0.39 is 0 Å². The van der Waals surface area contributed by atoms with Crippen LogP contribution in [0.1, 0.15) is 38.6 Å². The van der Waals surface area contributed by atoms with Gasteiger partial charge >= 0.3 is 0 Å². The van der Waals surface area contributed by atoms with E-state index in [1.807, 2.05) is 11.6 Å². The van der Waals surface area contributed by atoms with E-state index in [9.17, 15) is 0 Å². The lowest BCUT2D eigenvalue weighted by Crippen LogP contribution is -2.39. The number of rotatable bonds is 6. The lowest BCUT2D eigenvalue weighted by atomic mass is 10.1. The van der Waals surface area contributed by atoms with Gasteiger partial charge in [-0.15, -0.1) is 11.3 Å². The van der Waals surface area contributed by atoms with Crippen LogP contribution in [0.15, 0.2) is 11.6 Å². The first-order valence-corrected chi connectivity index (χ1v) is 6.35. The minimum Gasteiger partial charge on any atom is -0.328 e. The highest BCUT2D eigenvalue weighted by molar-refractivity contribution is 7.09. The molecule has 1 unspecified atom stereocenters. The zero-order valence-electron chi connectivity index (χ0n) is 9.79. The topological polar surface area (TPSA) is 50.9 Å². The minimum atomic E-state index is -0.0401. The van der Waals surface area contributed by atoms with Crippen molar-refractivity contribution in [3.63, 3.8) is 0 Å². The predicted octanol–water partition coefficient (Wildman–Crippen LogP) is 2.10. The highest BCUT2D eigenvalue weighted by atomic mass is 32.1. The number of hydrogen-bond donors (Lipinski definition) is 2. The van der Waals surface area contributed by atoms with Crippen molar-refractivity contribution >= 4 is 11.3 Å². The number of nitrogens with two attached hydrogens (primary N) is 1. The van der Waals surface area contributed by atoms with Crippen molar-refractivity contribution in [3.8, 4) is 0 Å². The molecule has 0 saturated heterocycles. The number of thiazole rings is 1. The van der Waals surface area contributed by atoms with E-state index in [-0.39, 0.29) is 5.54 Å². The van der Waals surface area contributed by atoms with Gasteiger partial charge in [0.15, 0.2) is 0 Å². The zero-order chi connectivity index (χ0) is 11.3. The third kappa shape index (κ3) is 3.89. The molecule has 15 heavy (non-hydrogen) atoms. The highest BCUT2D eigenvalue weighted by Crippen LogP contribution is 2.21. The Morgan fingerprint density at radius 2 is 2.33 bits per heavy atom. The first kappa shape index (κ1) is 12.6. The summed E-state index contributed by atoms with van der Waals surface area (Å²) in [5.41, 5.74) is 5.83. The van der Waals surface area contributed by atoms with Gasteiger partial charge in [-0.05, 0) is 33.2 Å². The second-order valence-electron chi connectivity index (χ2n) is 4.35. The lowest BCUT2D eigenvalue weighted by Gasteiger charge is -2.24. The molecule has 86 valence electrons. The number of aromatic nitrogens is 1.